The Bertz CT molecular complexity index is 195. The van der Waals surface area contributed by atoms with Gasteiger partial charge in [-0.25, -0.2) is 0 Å². The Hall–Kier alpha value is -0.630. The number of hydrogen-bond acceptors (Lipinski definition) is 2. The van der Waals surface area contributed by atoms with Crippen molar-refractivity contribution in [3.63, 3.8) is 0 Å². The third-order valence-corrected chi connectivity index (χ3v) is 2.54. The second-order valence-electron chi connectivity index (χ2n) is 3.06. The zero-order valence-electron chi connectivity index (χ0n) is 5.66. The van der Waals surface area contributed by atoms with Crippen molar-refractivity contribution in [2.24, 2.45) is 11.8 Å². The van der Waals surface area contributed by atoms with Gasteiger partial charge in [0.15, 0.2) is 5.78 Å². The molecular formula is C8H10O2. The highest BCUT2D eigenvalue weighted by Gasteiger charge is 2.47. The molecule has 1 fully saturated rings. The fourth-order valence-electron chi connectivity index (χ4n) is 1.82. The van der Waals surface area contributed by atoms with Gasteiger partial charge >= 0.3 is 0 Å². The molecule has 0 bridgehead atoms. The van der Waals surface area contributed by atoms with E-state index in [-0.39, 0.29) is 17.6 Å². The van der Waals surface area contributed by atoms with E-state index in [0.717, 1.165) is 12.8 Å². The molecule has 0 heterocycles. The van der Waals surface area contributed by atoms with Crippen LogP contribution in [0.5, 0.6) is 0 Å². The van der Waals surface area contributed by atoms with Gasteiger partial charge in [-0.05, 0) is 12.8 Å². The molecule has 2 aliphatic rings. The van der Waals surface area contributed by atoms with Gasteiger partial charge in [-0.2, -0.15) is 0 Å². The lowest BCUT2D eigenvalue weighted by Gasteiger charge is -2.40. The van der Waals surface area contributed by atoms with E-state index in [1.807, 2.05) is 6.08 Å². The minimum atomic E-state index is -0.644. The number of carbonyl (C=O) groups is 1. The number of aliphatic hydroxyl groups is 1. The van der Waals surface area contributed by atoms with Gasteiger partial charge in [0.05, 0.1) is 0 Å². The minimum absolute atomic E-state index is 0.0503. The van der Waals surface area contributed by atoms with Crippen molar-refractivity contribution in [2.75, 3.05) is 0 Å². The van der Waals surface area contributed by atoms with Crippen LogP contribution in [-0.4, -0.2) is 17.0 Å². The zero-order valence-corrected chi connectivity index (χ0v) is 5.66. The largest absolute Gasteiger partial charge is 0.385 e. The van der Waals surface area contributed by atoms with Gasteiger partial charge in [-0.3, -0.25) is 4.79 Å². The molecule has 2 nitrogen and oxygen atoms in total. The number of hydrogen-bond donors (Lipinski definition) is 1. The number of fused-ring (bicyclic) bond motifs is 1. The van der Waals surface area contributed by atoms with Crippen LogP contribution < -0.4 is 0 Å². The van der Waals surface area contributed by atoms with Crippen molar-refractivity contribution in [2.45, 2.75) is 18.9 Å². The topological polar surface area (TPSA) is 37.3 Å². The summed E-state index contributed by atoms with van der Waals surface area (Å²) in [5.74, 6) is 0.451. The van der Waals surface area contributed by atoms with Crippen LogP contribution in [0.4, 0.5) is 0 Å². The Morgan fingerprint density at radius 3 is 2.80 bits per heavy atom. The fourth-order valence-corrected chi connectivity index (χ4v) is 1.82. The Labute approximate surface area is 59.5 Å². The number of allylic oxidation sites excluding steroid dienone is 2. The maximum atomic E-state index is 10.9. The highest BCUT2D eigenvalue weighted by atomic mass is 16.3. The number of Topliss-reactive ketones (excluding diaryl/α,β-unsaturated/α-hetero) is 1. The first-order valence-electron chi connectivity index (χ1n) is 3.67. The first-order chi connectivity index (χ1) is 4.80. The maximum Gasteiger partial charge on any atom is 0.165 e. The normalized spacial score (nSPS) is 44.5. The fraction of sp³-hybridized carbons (Fsp3) is 0.625. The summed E-state index contributed by atoms with van der Waals surface area (Å²) in [7, 11) is 0. The third kappa shape index (κ3) is 0.598. The summed E-state index contributed by atoms with van der Waals surface area (Å²) >= 11 is 0. The van der Waals surface area contributed by atoms with Crippen molar-refractivity contribution in [3.8, 4) is 0 Å². The molecule has 0 spiro atoms. The molecule has 3 atom stereocenters. The van der Waals surface area contributed by atoms with E-state index in [1.165, 1.54) is 0 Å². The van der Waals surface area contributed by atoms with E-state index in [1.54, 1.807) is 0 Å². The number of carbonyl (C=O) groups excluding carboxylic acids is 1. The Balaban J connectivity index is 2.15. The second-order valence-corrected chi connectivity index (χ2v) is 3.06. The Kier molecular flexibility index (Phi) is 1.17. The molecule has 1 unspecified atom stereocenters. The molecule has 2 aliphatic carbocycles. The Morgan fingerprint density at radius 1 is 1.40 bits per heavy atom. The van der Waals surface area contributed by atoms with Crippen LogP contribution in [0.15, 0.2) is 12.2 Å². The Morgan fingerprint density at radius 2 is 2.10 bits per heavy atom. The number of rotatable bonds is 0. The molecule has 54 valence electrons. The standard InChI is InChI=1S/C8H10O2/c9-7-5-3-1-2-4-6(5)8(7)10/h1-2,5-7,9H,3-4H2/t5-,6+,7?/m1/s1. The first-order valence-corrected chi connectivity index (χ1v) is 3.67. The molecule has 0 aromatic rings. The summed E-state index contributed by atoms with van der Waals surface area (Å²) in [4.78, 5) is 10.9. The minimum Gasteiger partial charge on any atom is -0.385 e. The van der Waals surface area contributed by atoms with E-state index in [0.29, 0.717) is 0 Å². The zero-order chi connectivity index (χ0) is 7.14. The van der Waals surface area contributed by atoms with Crippen LogP contribution in [-0.2, 0) is 4.79 Å². The summed E-state index contributed by atoms with van der Waals surface area (Å²) in [6, 6.07) is 0. The van der Waals surface area contributed by atoms with Gasteiger partial charge < -0.3 is 5.11 Å². The molecule has 0 aromatic heterocycles. The van der Waals surface area contributed by atoms with E-state index in [4.69, 9.17) is 5.11 Å². The van der Waals surface area contributed by atoms with Crippen LogP contribution >= 0.6 is 0 Å². The summed E-state index contributed by atoms with van der Waals surface area (Å²) in [5.41, 5.74) is 0. The molecule has 0 aromatic carbocycles. The van der Waals surface area contributed by atoms with Crippen LogP contribution in [0.1, 0.15) is 12.8 Å². The lowest BCUT2D eigenvalue weighted by Crippen LogP contribution is -2.52. The second kappa shape index (κ2) is 1.92. The molecule has 0 amide bonds. The molecular weight excluding hydrogens is 128 g/mol. The quantitative estimate of drug-likeness (QED) is 0.495. The van der Waals surface area contributed by atoms with Crippen molar-refractivity contribution in [1.29, 1.82) is 0 Å². The van der Waals surface area contributed by atoms with Crippen LogP contribution in [0.3, 0.4) is 0 Å². The van der Waals surface area contributed by atoms with Gasteiger partial charge in [0.2, 0.25) is 0 Å². The molecule has 0 saturated heterocycles. The monoisotopic (exact) mass is 138 g/mol. The molecule has 2 rings (SSSR count). The van der Waals surface area contributed by atoms with Gasteiger partial charge in [-0.1, -0.05) is 12.2 Å². The molecule has 2 heteroatoms. The third-order valence-electron chi connectivity index (χ3n) is 2.54. The molecule has 10 heavy (non-hydrogen) atoms. The molecule has 0 radical (unpaired) electrons. The highest BCUT2D eigenvalue weighted by Crippen LogP contribution is 2.39. The summed E-state index contributed by atoms with van der Waals surface area (Å²) in [6.45, 7) is 0. The van der Waals surface area contributed by atoms with Crippen molar-refractivity contribution >= 4 is 5.78 Å². The molecule has 0 aliphatic heterocycles. The van der Waals surface area contributed by atoms with Crippen LogP contribution in [0.2, 0.25) is 0 Å². The number of ketones is 1. The van der Waals surface area contributed by atoms with Crippen molar-refractivity contribution < 1.29 is 9.90 Å². The van der Waals surface area contributed by atoms with Gasteiger partial charge in [0, 0.05) is 11.8 Å². The van der Waals surface area contributed by atoms with E-state index in [2.05, 4.69) is 6.08 Å². The van der Waals surface area contributed by atoms with E-state index < -0.39 is 6.10 Å². The smallest absolute Gasteiger partial charge is 0.165 e. The average Bonchev–Trinajstić information content (AvgIpc) is 2.03. The van der Waals surface area contributed by atoms with Crippen LogP contribution in [0, 0.1) is 11.8 Å². The molecule has 1 saturated carbocycles. The SMILES string of the molecule is O=C1C(O)[C@@H]2CC=CC[C@H]12. The van der Waals surface area contributed by atoms with Crippen LogP contribution in [0.25, 0.3) is 0 Å². The first kappa shape index (κ1) is 6.10. The average molecular weight is 138 g/mol. The van der Waals surface area contributed by atoms with E-state index >= 15 is 0 Å². The summed E-state index contributed by atoms with van der Waals surface area (Å²) in [6.07, 6.45) is 5.18. The maximum absolute atomic E-state index is 10.9. The predicted molar refractivity (Wildman–Crippen MR) is 36.4 cm³/mol. The van der Waals surface area contributed by atoms with E-state index in [9.17, 15) is 4.79 Å². The number of aliphatic hydroxyl groups excluding tert-OH is 1. The lowest BCUT2D eigenvalue weighted by atomic mass is 9.65. The van der Waals surface area contributed by atoms with Crippen molar-refractivity contribution in [1.82, 2.24) is 0 Å². The molecule has 1 N–H and O–H groups in total. The van der Waals surface area contributed by atoms with Gasteiger partial charge in [0.1, 0.15) is 6.10 Å². The lowest BCUT2D eigenvalue weighted by molar-refractivity contribution is -0.152. The van der Waals surface area contributed by atoms with Crippen molar-refractivity contribution in [3.05, 3.63) is 12.2 Å². The van der Waals surface area contributed by atoms with Gasteiger partial charge in [-0.15, -0.1) is 0 Å². The predicted octanol–water partition coefficient (Wildman–Crippen LogP) is 0.512. The summed E-state index contributed by atoms with van der Waals surface area (Å²) < 4.78 is 0. The van der Waals surface area contributed by atoms with Gasteiger partial charge in [0.25, 0.3) is 0 Å². The highest BCUT2D eigenvalue weighted by molar-refractivity contribution is 5.92. The summed E-state index contributed by atoms with van der Waals surface area (Å²) in [5, 5.41) is 9.13.